The summed E-state index contributed by atoms with van der Waals surface area (Å²) in [7, 11) is 0. The fraction of sp³-hybridized carbons (Fsp3) is 0.615. The zero-order valence-electron chi connectivity index (χ0n) is 9.91. The Balaban J connectivity index is 1.64. The summed E-state index contributed by atoms with van der Waals surface area (Å²) in [5.41, 5.74) is 2.37. The fourth-order valence-corrected chi connectivity index (χ4v) is 2.10. The molecule has 88 valence electrons. The Morgan fingerprint density at radius 2 is 2.44 bits per heavy atom. The van der Waals surface area contributed by atoms with Gasteiger partial charge in [0.25, 0.3) is 0 Å². The first kappa shape index (κ1) is 11.6. The lowest BCUT2D eigenvalue weighted by Gasteiger charge is -2.08. The van der Waals surface area contributed by atoms with Gasteiger partial charge in [-0.25, -0.2) is 0 Å². The van der Waals surface area contributed by atoms with Crippen LogP contribution in [-0.4, -0.2) is 24.7 Å². The largest absolute Gasteiger partial charge is 0.377 e. The molecular formula is C13H20N2O. The molecule has 1 N–H and O–H groups in total. The van der Waals surface area contributed by atoms with E-state index in [4.69, 9.17) is 4.74 Å². The van der Waals surface area contributed by atoms with Crippen LogP contribution in [0.5, 0.6) is 0 Å². The number of hydrogen-bond acceptors (Lipinski definition) is 3. The Labute approximate surface area is 97.2 Å². The smallest absolute Gasteiger partial charge is 0.0731 e. The zero-order valence-corrected chi connectivity index (χ0v) is 9.91. The fourth-order valence-electron chi connectivity index (χ4n) is 2.10. The monoisotopic (exact) mass is 220 g/mol. The van der Waals surface area contributed by atoms with Gasteiger partial charge in [0.15, 0.2) is 0 Å². The van der Waals surface area contributed by atoms with Gasteiger partial charge in [-0.3, -0.25) is 4.98 Å². The van der Waals surface area contributed by atoms with Crippen LogP contribution in [0.1, 0.15) is 24.0 Å². The van der Waals surface area contributed by atoms with Crippen LogP contribution < -0.4 is 5.32 Å². The third-order valence-corrected chi connectivity index (χ3v) is 3.03. The Morgan fingerprint density at radius 3 is 3.19 bits per heavy atom. The summed E-state index contributed by atoms with van der Waals surface area (Å²) in [4.78, 5) is 4.15. The van der Waals surface area contributed by atoms with Crippen molar-refractivity contribution < 1.29 is 4.74 Å². The van der Waals surface area contributed by atoms with Crippen LogP contribution in [0.4, 0.5) is 0 Å². The first-order chi connectivity index (χ1) is 7.84. The first-order valence-electron chi connectivity index (χ1n) is 6.03. The van der Waals surface area contributed by atoms with Gasteiger partial charge in [0, 0.05) is 19.0 Å². The second-order valence-electron chi connectivity index (χ2n) is 4.57. The lowest BCUT2D eigenvalue weighted by Crippen LogP contribution is -2.10. The van der Waals surface area contributed by atoms with E-state index in [9.17, 15) is 0 Å². The summed E-state index contributed by atoms with van der Waals surface area (Å²) in [6, 6.07) is 2.13. The van der Waals surface area contributed by atoms with Crippen LogP contribution in [0.15, 0.2) is 18.5 Å². The van der Waals surface area contributed by atoms with E-state index in [1.54, 1.807) is 0 Å². The summed E-state index contributed by atoms with van der Waals surface area (Å²) >= 11 is 0. The molecule has 1 unspecified atom stereocenters. The molecule has 0 amide bonds. The summed E-state index contributed by atoms with van der Waals surface area (Å²) in [6.07, 6.45) is 6.22. The minimum atomic E-state index is 0.689. The highest BCUT2D eigenvalue weighted by atomic mass is 16.5. The Hall–Kier alpha value is -0.930. The molecule has 0 spiro atoms. The molecule has 16 heavy (non-hydrogen) atoms. The minimum absolute atomic E-state index is 0.689. The summed E-state index contributed by atoms with van der Waals surface area (Å²) in [5.74, 6) is 0.815. The van der Waals surface area contributed by atoms with Gasteiger partial charge in [-0.2, -0.15) is 0 Å². The van der Waals surface area contributed by atoms with Crippen molar-refractivity contribution in [1.29, 1.82) is 0 Å². The second kappa shape index (κ2) is 5.97. The number of hydrogen-bond donors (Lipinski definition) is 1. The highest BCUT2D eigenvalue weighted by Crippen LogP contribution is 2.12. The molecule has 1 atom stereocenters. The summed E-state index contributed by atoms with van der Waals surface area (Å²) in [6.45, 7) is 5.94. The number of ether oxygens (including phenoxy) is 1. The Morgan fingerprint density at radius 1 is 1.50 bits per heavy atom. The van der Waals surface area contributed by atoms with Gasteiger partial charge in [0.1, 0.15) is 0 Å². The van der Waals surface area contributed by atoms with Gasteiger partial charge in [-0.1, -0.05) is 6.07 Å². The third kappa shape index (κ3) is 3.58. The molecule has 0 radical (unpaired) electrons. The quantitative estimate of drug-likeness (QED) is 0.770. The van der Waals surface area contributed by atoms with E-state index in [0.717, 1.165) is 19.1 Å². The SMILES string of the molecule is Cc1cncc(COCCC2CCNC2)c1. The highest BCUT2D eigenvalue weighted by Gasteiger charge is 2.13. The highest BCUT2D eigenvalue weighted by molar-refractivity contribution is 5.15. The van der Waals surface area contributed by atoms with Crippen LogP contribution in [0, 0.1) is 12.8 Å². The minimum Gasteiger partial charge on any atom is -0.377 e. The maximum Gasteiger partial charge on any atom is 0.0731 e. The zero-order chi connectivity index (χ0) is 11.2. The second-order valence-corrected chi connectivity index (χ2v) is 4.57. The average Bonchev–Trinajstić information content (AvgIpc) is 2.77. The predicted octanol–water partition coefficient (Wildman–Crippen LogP) is 1.91. The normalized spacial score (nSPS) is 20.2. The number of aromatic nitrogens is 1. The molecule has 0 bridgehead atoms. The van der Waals surface area contributed by atoms with Crippen LogP contribution in [0.2, 0.25) is 0 Å². The molecule has 1 aliphatic rings. The van der Waals surface area contributed by atoms with Crippen molar-refractivity contribution in [1.82, 2.24) is 10.3 Å². The molecule has 1 fully saturated rings. The van der Waals surface area contributed by atoms with Crippen LogP contribution in [0.25, 0.3) is 0 Å². The van der Waals surface area contributed by atoms with Gasteiger partial charge in [-0.15, -0.1) is 0 Å². The van der Waals surface area contributed by atoms with Crippen LogP contribution in [0.3, 0.4) is 0 Å². The first-order valence-corrected chi connectivity index (χ1v) is 6.03. The molecule has 1 aromatic rings. The molecule has 2 heterocycles. The van der Waals surface area contributed by atoms with Gasteiger partial charge < -0.3 is 10.1 Å². The van der Waals surface area contributed by atoms with Crippen LogP contribution >= 0.6 is 0 Å². The summed E-state index contributed by atoms with van der Waals surface area (Å²) < 4.78 is 5.67. The molecular weight excluding hydrogens is 200 g/mol. The predicted molar refractivity (Wildman–Crippen MR) is 64.2 cm³/mol. The molecule has 1 saturated heterocycles. The van der Waals surface area contributed by atoms with Gasteiger partial charge >= 0.3 is 0 Å². The van der Waals surface area contributed by atoms with Crippen LogP contribution in [-0.2, 0) is 11.3 Å². The van der Waals surface area contributed by atoms with Crippen molar-refractivity contribution in [2.75, 3.05) is 19.7 Å². The van der Waals surface area contributed by atoms with E-state index in [0.29, 0.717) is 6.61 Å². The van der Waals surface area contributed by atoms with Crippen molar-refractivity contribution >= 4 is 0 Å². The number of aryl methyl sites for hydroxylation is 1. The Kier molecular flexibility index (Phi) is 4.31. The van der Waals surface area contributed by atoms with E-state index in [-0.39, 0.29) is 0 Å². The molecule has 0 aliphatic carbocycles. The van der Waals surface area contributed by atoms with Crippen molar-refractivity contribution in [3.05, 3.63) is 29.6 Å². The molecule has 0 saturated carbocycles. The van der Waals surface area contributed by atoms with E-state index >= 15 is 0 Å². The van der Waals surface area contributed by atoms with Gasteiger partial charge in [0.2, 0.25) is 0 Å². The van der Waals surface area contributed by atoms with E-state index in [1.807, 2.05) is 12.4 Å². The van der Waals surface area contributed by atoms with Crippen molar-refractivity contribution in [3.63, 3.8) is 0 Å². The van der Waals surface area contributed by atoms with Crippen molar-refractivity contribution in [2.45, 2.75) is 26.4 Å². The van der Waals surface area contributed by atoms with Crippen molar-refractivity contribution in [2.24, 2.45) is 5.92 Å². The van der Waals surface area contributed by atoms with Gasteiger partial charge in [-0.05, 0) is 49.9 Å². The molecule has 3 heteroatoms. The number of pyridine rings is 1. The molecule has 2 rings (SSSR count). The van der Waals surface area contributed by atoms with E-state index < -0.39 is 0 Å². The summed E-state index contributed by atoms with van der Waals surface area (Å²) in [5, 5.41) is 3.37. The van der Waals surface area contributed by atoms with Gasteiger partial charge in [0.05, 0.1) is 6.61 Å². The molecule has 1 aromatic heterocycles. The lowest BCUT2D eigenvalue weighted by atomic mass is 10.1. The molecule has 3 nitrogen and oxygen atoms in total. The Bertz CT molecular complexity index is 321. The standard InChI is InChI=1S/C13H20N2O/c1-11-6-13(9-15-7-11)10-16-5-3-12-2-4-14-8-12/h6-7,9,12,14H,2-5,8,10H2,1H3. The molecule has 0 aromatic carbocycles. The molecule has 1 aliphatic heterocycles. The lowest BCUT2D eigenvalue weighted by molar-refractivity contribution is 0.109. The number of nitrogens with zero attached hydrogens (tertiary/aromatic N) is 1. The maximum absolute atomic E-state index is 5.67. The number of nitrogens with one attached hydrogen (secondary N) is 1. The van der Waals surface area contributed by atoms with E-state index in [1.165, 1.54) is 30.5 Å². The maximum atomic E-state index is 5.67. The topological polar surface area (TPSA) is 34.1 Å². The number of rotatable bonds is 5. The van der Waals surface area contributed by atoms with E-state index in [2.05, 4.69) is 23.3 Å². The van der Waals surface area contributed by atoms with Crippen molar-refractivity contribution in [3.8, 4) is 0 Å². The average molecular weight is 220 g/mol. The third-order valence-electron chi connectivity index (χ3n) is 3.03.